The molecular formula is C11H17O4P. The summed E-state index contributed by atoms with van der Waals surface area (Å²) in [5.41, 5.74) is 2.55. The molecule has 0 saturated carbocycles. The number of phenolic OH excluding ortho intramolecular Hbond substituents is 1. The monoisotopic (exact) mass is 244 g/mol. The SMILES string of the molecule is Cc1ccc(CCCP(=O)(O)O)c(C)c1O. The fourth-order valence-electron chi connectivity index (χ4n) is 1.62. The average Bonchev–Trinajstić information content (AvgIpc) is 2.16. The molecule has 0 unspecified atom stereocenters. The van der Waals surface area contributed by atoms with Crippen LogP contribution < -0.4 is 0 Å². The minimum absolute atomic E-state index is 0.110. The first-order valence-electron chi connectivity index (χ1n) is 5.14. The maximum absolute atomic E-state index is 10.7. The van der Waals surface area contributed by atoms with E-state index < -0.39 is 7.60 Å². The van der Waals surface area contributed by atoms with Crippen molar-refractivity contribution in [1.29, 1.82) is 0 Å². The Bertz CT molecular complexity index is 422. The first-order chi connectivity index (χ1) is 7.31. The van der Waals surface area contributed by atoms with Gasteiger partial charge in [0.05, 0.1) is 6.16 Å². The Morgan fingerprint density at radius 1 is 1.25 bits per heavy atom. The fraction of sp³-hybridized carbons (Fsp3) is 0.455. The number of benzene rings is 1. The van der Waals surface area contributed by atoms with Crippen molar-refractivity contribution >= 4 is 7.60 Å². The Morgan fingerprint density at radius 3 is 2.44 bits per heavy atom. The molecule has 3 N–H and O–H groups in total. The Labute approximate surface area is 95.1 Å². The predicted octanol–water partition coefficient (Wildman–Crippen LogP) is 2.12. The van der Waals surface area contributed by atoms with Crippen LogP contribution in [0.2, 0.25) is 0 Å². The van der Waals surface area contributed by atoms with Gasteiger partial charge in [-0.15, -0.1) is 0 Å². The van der Waals surface area contributed by atoms with Crippen LogP contribution in [0.3, 0.4) is 0 Å². The first-order valence-corrected chi connectivity index (χ1v) is 6.93. The summed E-state index contributed by atoms with van der Waals surface area (Å²) in [4.78, 5) is 17.5. The van der Waals surface area contributed by atoms with Crippen LogP contribution in [0.15, 0.2) is 12.1 Å². The van der Waals surface area contributed by atoms with Crippen molar-refractivity contribution in [2.24, 2.45) is 0 Å². The molecule has 0 aliphatic heterocycles. The average molecular weight is 244 g/mol. The van der Waals surface area contributed by atoms with Crippen LogP contribution in [0.4, 0.5) is 0 Å². The predicted molar refractivity (Wildman–Crippen MR) is 62.8 cm³/mol. The van der Waals surface area contributed by atoms with Crippen molar-refractivity contribution in [3.8, 4) is 5.75 Å². The second-order valence-electron chi connectivity index (χ2n) is 4.01. The second kappa shape index (κ2) is 5.00. The van der Waals surface area contributed by atoms with E-state index in [-0.39, 0.29) is 11.9 Å². The summed E-state index contributed by atoms with van der Waals surface area (Å²) in [6.07, 6.45) is 0.888. The number of rotatable bonds is 4. The van der Waals surface area contributed by atoms with E-state index in [1.165, 1.54) is 0 Å². The Kier molecular flexibility index (Phi) is 4.14. The zero-order valence-corrected chi connectivity index (χ0v) is 10.4. The summed E-state index contributed by atoms with van der Waals surface area (Å²) >= 11 is 0. The number of hydrogen-bond donors (Lipinski definition) is 3. The highest BCUT2D eigenvalue weighted by molar-refractivity contribution is 7.51. The molecule has 16 heavy (non-hydrogen) atoms. The highest BCUT2D eigenvalue weighted by Crippen LogP contribution is 2.35. The van der Waals surface area contributed by atoms with Gasteiger partial charge in [0.15, 0.2) is 0 Å². The van der Waals surface area contributed by atoms with Gasteiger partial charge >= 0.3 is 7.60 Å². The summed E-state index contributed by atoms with van der Waals surface area (Å²) in [5, 5.41) is 9.69. The molecule has 1 aromatic carbocycles. The Morgan fingerprint density at radius 2 is 1.88 bits per heavy atom. The standard InChI is InChI=1S/C11H17O4P/c1-8-5-6-10(9(2)11(8)12)4-3-7-16(13,14)15/h5-6,12H,3-4,7H2,1-2H3,(H2,13,14,15). The van der Waals surface area contributed by atoms with E-state index in [2.05, 4.69) is 0 Å². The van der Waals surface area contributed by atoms with Crippen LogP contribution >= 0.6 is 7.60 Å². The number of hydrogen-bond acceptors (Lipinski definition) is 2. The number of aromatic hydroxyl groups is 1. The van der Waals surface area contributed by atoms with Crippen LogP contribution in [0, 0.1) is 13.8 Å². The fourth-order valence-corrected chi connectivity index (χ4v) is 2.19. The van der Waals surface area contributed by atoms with Gasteiger partial charge < -0.3 is 14.9 Å². The number of aryl methyl sites for hydroxylation is 2. The van der Waals surface area contributed by atoms with Gasteiger partial charge in [0, 0.05) is 0 Å². The lowest BCUT2D eigenvalue weighted by molar-refractivity contribution is 0.371. The van der Waals surface area contributed by atoms with E-state index in [4.69, 9.17) is 9.79 Å². The largest absolute Gasteiger partial charge is 0.507 e. The lowest BCUT2D eigenvalue weighted by atomic mass is 10.0. The molecule has 0 saturated heterocycles. The van der Waals surface area contributed by atoms with E-state index in [1.807, 2.05) is 26.0 Å². The van der Waals surface area contributed by atoms with Gasteiger partial charge in [-0.2, -0.15) is 0 Å². The van der Waals surface area contributed by atoms with Crippen LogP contribution in [0.5, 0.6) is 5.75 Å². The summed E-state index contributed by atoms with van der Waals surface area (Å²) in [6.45, 7) is 3.64. The van der Waals surface area contributed by atoms with Crippen molar-refractivity contribution < 1.29 is 19.5 Å². The molecule has 0 bridgehead atoms. The molecule has 0 fully saturated rings. The molecule has 0 aliphatic carbocycles. The van der Waals surface area contributed by atoms with Crippen molar-refractivity contribution in [3.05, 3.63) is 28.8 Å². The van der Waals surface area contributed by atoms with Gasteiger partial charge in [0.25, 0.3) is 0 Å². The maximum Gasteiger partial charge on any atom is 0.325 e. The van der Waals surface area contributed by atoms with Gasteiger partial charge in [0.1, 0.15) is 5.75 Å². The third kappa shape index (κ3) is 3.63. The van der Waals surface area contributed by atoms with E-state index in [1.54, 1.807) is 0 Å². The summed E-state index contributed by atoms with van der Waals surface area (Å²) in [6, 6.07) is 3.71. The maximum atomic E-state index is 10.7. The normalized spacial score (nSPS) is 11.8. The molecule has 0 amide bonds. The quantitative estimate of drug-likeness (QED) is 0.709. The summed E-state index contributed by atoms with van der Waals surface area (Å²) in [5.74, 6) is 0.272. The number of phenols is 1. The molecule has 0 radical (unpaired) electrons. The van der Waals surface area contributed by atoms with E-state index >= 15 is 0 Å². The van der Waals surface area contributed by atoms with Crippen molar-refractivity contribution in [2.45, 2.75) is 26.7 Å². The third-order valence-corrected chi connectivity index (χ3v) is 3.54. The van der Waals surface area contributed by atoms with E-state index in [0.29, 0.717) is 12.8 Å². The molecule has 5 heteroatoms. The molecule has 4 nitrogen and oxygen atoms in total. The zero-order valence-electron chi connectivity index (χ0n) is 9.47. The summed E-state index contributed by atoms with van der Waals surface area (Å²) < 4.78 is 10.7. The van der Waals surface area contributed by atoms with Crippen molar-refractivity contribution in [1.82, 2.24) is 0 Å². The minimum atomic E-state index is -3.90. The highest BCUT2D eigenvalue weighted by atomic mass is 31.2. The smallest absolute Gasteiger partial charge is 0.325 e. The molecule has 0 heterocycles. The van der Waals surface area contributed by atoms with Crippen molar-refractivity contribution in [3.63, 3.8) is 0 Å². The lowest BCUT2D eigenvalue weighted by Crippen LogP contribution is -1.95. The van der Waals surface area contributed by atoms with E-state index in [0.717, 1.165) is 16.7 Å². The van der Waals surface area contributed by atoms with Gasteiger partial charge in [-0.05, 0) is 43.4 Å². The molecule has 0 spiro atoms. The molecule has 1 rings (SSSR count). The summed E-state index contributed by atoms with van der Waals surface area (Å²) in [7, 11) is -3.90. The third-order valence-electron chi connectivity index (χ3n) is 2.64. The second-order valence-corrected chi connectivity index (χ2v) is 5.78. The molecular weight excluding hydrogens is 227 g/mol. The van der Waals surface area contributed by atoms with Gasteiger partial charge in [-0.1, -0.05) is 12.1 Å². The lowest BCUT2D eigenvalue weighted by Gasteiger charge is -2.10. The van der Waals surface area contributed by atoms with E-state index in [9.17, 15) is 9.67 Å². The zero-order chi connectivity index (χ0) is 12.3. The Hall–Kier alpha value is -0.830. The molecule has 0 atom stereocenters. The molecule has 90 valence electrons. The van der Waals surface area contributed by atoms with Gasteiger partial charge in [-0.25, -0.2) is 0 Å². The van der Waals surface area contributed by atoms with Gasteiger partial charge in [-0.3, -0.25) is 4.57 Å². The Balaban J connectivity index is 2.69. The van der Waals surface area contributed by atoms with Crippen LogP contribution in [0.1, 0.15) is 23.1 Å². The van der Waals surface area contributed by atoms with Crippen molar-refractivity contribution in [2.75, 3.05) is 6.16 Å². The molecule has 0 aliphatic rings. The van der Waals surface area contributed by atoms with Crippen LogP contribution in [0.25, 0.3) is 0 Å². The molecule has 1 aromatic rings. The van der Waals surface area contributed by atoms with Gasteiger partial charge in [0.2, 0.25) is 0 Å². The first kappa shape index (κ1) is 13.2. The highest BCUT2D eigenvalue weighted by Gasteiger charge is 2.13. The molecule has 0 aromatic heterocycles. The van der Waals surface area contributed by atoms with Crippen LogP contribution in [-0.4, -0.2) is 21.1 Å². The minimum Gasteiger partial charge on any atom is -0.507 e. The topological polar surface area (TPSA) is 77.8 Å². The van der Waals surface area contributed by atoms with Crippen LogP contribution in [-0.2, 0) is 11.0 Å².